The molecule has 0 aliphatic rings. The van der Waals surface area contributed by atoms with Crippen LogP contribution in [-0.2, 0) is 6.42 Å². The highest BCUT2D eigenvalue weighted by molar-refractivity contribution is 9.11. The molecule has 0 nitrogen and oxygen atoms in total. The van der Waals surface area contributed by atoms with Crippen LogP contribution < -0.4 is 0 Å². The van der Waals surface area contributed by atoms with Crippen LogP contribution in [0.25, 0.3) is 0 Å². The molecule has 1 aromatic heterocycles. The Labute approximate surface area is 123 Å². The lowest BCUT2D eigenvalue weighted by molar-refractivity contribution is 0.941. The number of thiophene rings is 1. The molecule has 0 aliphatic carbocycles. The van der Waals surface area contributed by atoms with Gasteiger partial charge >= 0.3 is 0 Å². The van der Waals surface area contributed by atoms with Crippen LogP contribution >= 0.6 is 43.2 Å². The monoisotopic (exact) mass is 372 g/mol. The summed E-state index contributed by atoms with van der Waals surface area (Å²) in [4.78, 5) is 0.394. The van der Waals surface area contributed by atoms with E-state index in [0.717, 1.165) is 6.42 Å². The molecular weight excluding hydrogens is 360 g/mol. The molecule has 0 aliphatic heterocycles. The normalized spacial score (nSPS) is 12.7. The smallest absolute Gasteiger partial charge is 0.0701 e. The van der Waals surface area contributed by atoms with E-state index < -0.39 is 0 Å². The van der Waals surface area contributed by atoms with Crippen LogP contribution in [0.5, 0.6) is 0 Å². The fourth-order valence-electron chi connectivity index (χ4n) is 1.82. The van der Waals surface area contributed by atoms with Gasteiger partial charge < -0.3 is 0 Å². The molecule has 1 aromatic carbocycles. The van der Waals surface area contributed by atoms with Gasteiger partial charge in [-0.2, -0.15) is 0 Å². The predicted molar refractivity (Wildman–Crippen MR) is 83.3 cm³/mol. The number of benzene rings is 1. The lowest BCUT2D eigenvalue weighted by atomic mass is 10.00. The van der Waals surface area contributed by atoms with Crippen molar-refractivity contribution in [1.82, 2.24) is 0 Å². The number of hydrogen-bond donors (Lipinski definition) is 0. The first kappa shape index (κ1) is 13.3. The minimum Gasteiger partial charge on any atom is -0.137 e. The van der Waals surface area contributed by atoms with E-state index in [4.69, 9.17) is 0 Å². The Morgan fingerprint density at radius 2 is 2.00 bits per heavy atom. The first-order valence-corrected chi connectivity index (χ1v) is 8.09. The Morgan fingerprint density at radius 3 is 2.65 bits per heavy atom. The highest BCUT2D eigenvalue weighted by atomic mass is 79.9. The molecule has 1 unspecified atom stereocenters. The largest absolute Gasteiger partial charge is 0.137 e. The van der Waals surface area contributed by atoms with Crippen LogP contribution in [-0.4, -0.2) is 0 Å². The van der Waals surface area contributed by atoms with Gasteiger partial charge in [-0.25, -0.2) is 0 Å². The predicted octanol–water partition coefficient (Wildman–Crippen LogP) is 5.81. The van der Waals surface area contributed by atoms with Gasteiger partial charge in [0.15, 0.2) is 0 Å². The second-order valence-electron chi connectivity index (χ2n) is 4.29. The standard InChI is InChI=1S/C14H14Br2S/c1-9-3-4-10(2)11(5-9)6-13(15)12-7-14(16)17-8-12/h3-5,7-8,13H,6H2,1-2H3. The molecule has 17 heavy (non-hydrogen) atoms. The van der Waals surface area contributed by atoms with Crippen molar-refractivity contribution in [2.75, 3.05) is 0 Å². The van der Waals surface area contributed by atoms with Crippen molar-refractivity contribution < 1.29 is 0 Å². The van der Waals surface area contributed by atoms with E-state index in [-0.39, 0.29) is 0 Å². The third kappa shape index (κ3) is 3.43. The maximum absolute atomic E-state index is 3.78. The van der Waals surface area contributed by atoms with Crippen LogP contribution in [0, 0.1) is 13.8 Å². The summed E-state index contributed by atoms with van der Waals surface area (Å²) in [5.41, 5.74) is 5.48. The summed E-state index contributed by atoms with van der Waals surface area (Å²) in [6.45, 7) is 4.32. The van der Waals surface area contributed by atoms with E-state index in [1.807, 2.05) is 0 Å². The van der Waals surface area contributed by atoms with Crippen LogP contribution in [0.2, 0.25) is 0 Å². The molecule has 1 atom stereocenters. The molecule has 3 heteroatoms. The molecule has 0 saturated carbocycles. The Bertz CT molecular complexity index is 517. The number of hydrogen-bond acceptors (Lipinski definition) is 1. The van der Waals surface area contributed by atoms with E-state index in [1.54, 1.807) is 11.3 Å². The van der Waals surface area contributed by atoms with Crippen LogP contribution in [0.1, 0.15) is 27.1 Å². The maximum atomic E-state index is 3.78. The zero-order valence-electron chi connectivity index (χ0n) is 9.84. The quantitative estimate of drug-likeness (QED) is 0.596. The van der Waals surface area contributed by atoms with Gasteiger partial charge in [0, 0.05) is 4.83 Å². The van der Waals surface area contributed by atoms with Crippen LogP contribution in [0.15, 0.2) is 33.4 Å². The fourth-order valence-corrected chi connectivity index (χ4v) is 3.84. The molecule has 2 aromatic rings. The maximum Gasteiger partial charge on any atom is 0.0701 e. The molecular formula is C14H14Br2S. The Balaban J connectivity index is 2.18. The number of rotatable bonds is 3. The number of alkyl halides is 1. The Morgan fingerprint density at radius 1 is 1.24 bits per heavy atom. The Kier molecular flexibility index (Phi) is 4.45. The first-order chi connectivity index (χ1) is 8.06. The summed E-state index contributed by atoms with van der Waals surface area (Å²) in [6.07, 6.45) is 1.04. The van der Waals surface area contributed by atoms with E-state index in [2.05, 4.69) is 75.4 Å². The second-order valence-corrected chi connectivity index (χ2v) is 7.68. The molecule has 0 radical (unpaired) electrons. The van der Waals surface area contributed by atoms with Crippen molar-refractivity contribution in [2.45, 2.75) is 25.1 Å². The Hall–Kier alpha value is -0.120. The third-order valence-corrected chi connectivity index (χ3v) is 5.23. The zero-order valence-corrected chi connectivity index (χ0v) is 13.8. The summed E-state index contributed by atoms with van der Waals surface area (Å²) in [7, 11) is 0. The third-order valence-electron chi connectivity index (χ3n) is 2.85. The number of aryl methyl sites for hydroxylation is 2. The minimum absolute atomic E-state index is 0.394. The lowest BCUT2D eigenvalue weighted by Crippen LogP contribution is -1.97. The molecule has 0 amide bonds. The molecule has 0 spiro atoms. The van der Waals surface area contributed by atoms with Gasteiger partial charge in [0.2, 0.25) is 0 Å². The van der Waals surface area contributed by atoms with E-state index in [9.17, 15) is 0 Å². The average molecular weight is 374 g/mol. The van der Waals surface area contributed by atoms with Crippen LogP contribution in [0.3, 0.4) is 0 Å². The lowest BCUT2D eigenvalue weighted by Gasteiger charge is -2.11. The molecule has 2 rings (SSSR count). The molecule has 0 bridgehead atoms. The fraction of sp³-hybridized carbons (Fsp3) is 0.286. The van der Waals surface area contributed by atoms with Gasteiger partial charge in [-0.1, -0.05) is 39.7 Å². The van der Waals surface area contributed by atoms with Gasteiger partial charge in [-0.05, 0) is 64.3 Å². The van der Waals surface area contributed by atoms with E-state index in [1.165, 1.54) is 26.0 Å². The first-order valence-electron chi connectivity index (χ1n) is 5.50. The van der Waals surface area contributed by atoms with Gasteiger partial charge in [0.05, 0.1) is 3.79 Å². The second kappa shape index (κ2) is 5.68. The molecule has 0 fully saturated rings. The molecule has 0 N–H and O–H groups in total. The summed E-state index contributed by atoms with van der Waals surface area (Å²) in [6, 6.07) is 8.84. The van der Waals surface area contributed by atoms with Crippen molar-refractivity contribution in [1.29, 1.82) is 0 Å². The SMILES string of the molecule is Cc1ccc(C)c(CC(Br)c2csc(Br)c2)c1. The number of halogens is 2. The van der Waals surface area contributed by atoms with Crippen molar-refractivity contribution in [3.8, 4) is 0 Å². The summed E-state index contributed by atoms with van der Waals surface area (Å²) < 4.78 is 1.19. The highest BCUT2D eigenvalue weighted by Gasteiger charge is 2.11. The summed E-state index contributed by atoms with van der Waals surface area (Å²) in [5, 5.41) is 2.20. The van der Waals surface area contributed by atoms with Crippen molar-refractivity contribution in [2.24, 2.45) is 0 Å². The molecule has 0 saturated heterocycles. The van der Waals surface area contributed by atoms with Crippen molar-refractivity contribution in [3.05, 3.63) is 55.7 Å². The van der Waals surface area contributed by atoms with E-state index >= 15 is 0 Å². The van der Waals surface area contributed by atoms with Gasteiger partial charge in [0.25, 0.3) is 0 Å². The van der Waals surface area contributed by atoms with E-state index in [0.29, 0.717) is 4.83 Å². The van der Waals surface area contributed by atoms with Crippen molar-refractivity contribution in [3.63, 3.8) is 0 Å². The topological polar surface area (TPSA) is 0 Å². The summed E-state index contributed by atoms with van der Waals surface area (Å²) >= 11 is 9.03. The zero-order chi connectivity index (χ0) is 12.4. The van der Waals surface area contributed by atoms with Crippen molar-refractivity contribution >= 4 is 43.2 Å². The average Bonchev–Trinajstić information content (AvgIpc) is 2.70. The minimum atomic E-state index is 0.394. The molecule has 90 valence electrons. The summed E-state index contributed by atoms with van der Waals surface area (Å²) in [5.74, 6) is 0. The molecule has 1 heterocycles. The van der Waals surface area contributed by atoms with Crippen LogP contribution in [0.4, 0.5) is 0 Å². The van der Waals surface area contributed by atoms with Gasteiger partial charge in [-0.3, -0.25) is 0 Å². The van der Waals surface area contributed by atoms with Gasteiger partial charge in [0.1, 0.15) is 0 Å². The highest BCUT2D eigenvalue weighted by Crippen LogP contribution is 2.33. The van der Waals surface area contributed by atoms with Gasteiger partial charge in [-0.15, -0.1) is 11.3 Å².